The van der Waals surface area contributed by atoms with Crippen molar-refractivity contribution in [1.29, 1.82) is 0 Å². The number of anilines is 3. The van der Waals surface area contributed by atoms with Crippen LogP contribution in [0.4, 0.5) is 17.1 Å². The molecule has 0 radical (unpaired) electrons. The maximum absolute atomic E-state index is 2.49. The molecule has 0 saturated heterocycles. The van der Waals surface area contributed by atoms with Crippen LogP contribution in [-0.2, 0) is 5.41 Å². The van der Waals surface area contributed by atoms with Crippen molar-refractivity contribution in [3.63, 3.8) is 0 Å². The molecule has 9 aromatic rings. The molecule has 242 valence electrons. The fourth-order valence-electron chi connectivity index (χ4n) is 9.21. The van der Waals surface area contributed by atoms with Crippen molar-refractivity contribution in [2.45, 2.75) is 5.41 Å². The fraction of sp³-hybridized carbons (Fsp3) is 0.0196. The second kappa shape index (κ2) is 11.2. The summed E-state index contributed by atoms with van der Waals surface area (Å²) in [7, 11) is 0. The largest absolute Gasteiger partial charge is 0.310 e. The van der Waals surface area contributed by atoms with Gasteiger partial charge in [0, 0.05) is 16.8 Å². The lowest BCUT2D eigenvalue weighted by molar-refractivity contribution is 0.795. The van der Waals surface area contributed by atoms with Crippen LogP contribution in [0.2, 0.25) is 0 Å². The normalized spacial score (nSPS) is 15.0. The Kier molecular flexibility index (Phi) is 6.23. The molecular weight excluding hydrogens is 627 g/mol. The van der Waals surface area contributed by atoms with E-state index in [9.17, 15) is 0 Å². The molecule has 0 heterocycles. The van der Waals surface area contributed by atoms with Crippen LogP contribution in [0.3, 0.4) is 0 Å². The van der Waals surface area contributed by atoms with Crippen LogP contribution in [0.15, 0.2) is 200 Å². The van der Waals surface area contributed by atoms with Crippen molar-refractivity contribution in [3.8, 4) is 33.4 Å². The first-order valence-electron chi connectivity index (χ1n) is 18.1. The van der Waals surface area contributed by atoms with E-state index in [1.165, 1.54) is 77.2 Å². The molecule has 0 bridgehead atoms. The molecule has 1 spiro atoms. The summed E-state index contributed by atoms with van der Waals surface area (Å²) in [5.41, 5.74) is 16.1. The predicted molar refractivity (Wildman–Crippen MR) is 218 cm³/mol. The van der Waals surface area contributed by atoms with Gasteiger partial charge in [0.2, 0.25) is 0 Å². The average Bonchev–Trinajstić information content (AvgIpc) is 3.67. The third kappa shape index (κ3) is 4.05. The van der Waals surface area contributed by atoms with Crippen molar-refractivity contribution in [3.05, 3.63) is 222 Å². The Bertz CT molecular complexity index is 2840. The molecule has 0 N–H and O–H groups in total. The quantitative estimate of drug-likeness (QED) is 0.182. The van der Waals surface area contributed by atoms with E-state index in [4.69, 9.17) is 0 Å². The van der Waals surface area contributed by atoms with Crippen molar-refractivity contribution < 1.29 is 0 Å². The van der Waals surface area contributed by atoms with E-state index in [-0.39, 0.29) is 0 Å². The minimum absolute atomic E-state index is 0.445. The smallest absolute Gasteiger partial charge is 0.0726 e. The third-order valence-electron chi connectivity index (χ3n) is 11.4. The van der Waals surface area contributed by atoms with Gasteiger partial charge in [0.15, 0.2) is 0 Å². The van der Waals surface area contributed by atoms with E-state index in [0.29, 0.717) is 0 Å². The van der Waals surface area contributed by atoms with Gasteiger partial charge in [-0.15, -0.1) is 0 Å². The highest BCUT2D eigenvalue weighted by atomic mass is 15.1. The van der Waals surface area contributed by atoms with Crippen LogP contribution >= 0.6 is 0 Å². The van der Waals surface area contributed by atoms with Gasteiger partial charge in [-0.05, 0) is 114 Å². The summed E-state index contributed by atoms with van der Waals surface area (Å²) >= 11 is 0. The first-order valence-corrected chi connectivity index (χ1v) is 18.1. The maximum Gasteiger partial charge on any atom is 0.0726 e. The standard InChI is InChI=1S/C51H33N/c1-2-13-34(14-3-1)35-25-27-39(28-26-35)52(50-24-12-18-36-15-6-7-19-41(36)50)40-29-30-44-42-20-8-10-22-46(42)51(49(44)33-40)47-23-11-9-21-43(47)45-31-37-16-4-5-17-38(37)32-48(45)51/h1-33H. The summed E-state index contributed by atoms with van der Waals surface area (Å²) in [6.45, 7) is 0. The van der Waals surface area contributed by atoms with E-state index in [1.54, 1.807) is 0 Å². The van der Waals surface area contributed by atoms with Crippen LogP contribution in [0, 0.1) is 0 Å². The number of nitrogens with zero attached hydrogens (tertiary/aromatic N) is 1. The first-order chi connectivity index (χ1) is 25.8. The van der Waals surface area contributed by atoms with E-state index in [1.807, 2.05) is 0 Å². The summed E-state index contributed by atoms with van der Waals surface area (Å²) in [6, 6.07) is 74.1. The molecule has 0 aromatic heterocycles. The highest BCUT2D eigenvalue weighted by molar-refractivity contribution is 6.02. The monoisotopic (exact) mass is 659 g/mol. The molecule has 0 aliphatic heterocycles. The van der Waals surface area contributed by atoms with Crippen molar-refractivity contribution >= 4 is 38.6 Å². The Labute approximate surface area is 303 Å². The molecule has 9 aromatic carbocycles. The molecule has 1 heteroatoms. The van der Waals surface area contributed by atoms with Gasteiger partial charge < -0.3 is 4.90 Å². The van der Waals surface area contributed by atoms with Crippen LogP contribution in [0.1, 0.15) is 22.3 Å². The summed E-state index contributed by atoms with van der Waals surface area (Å²) in [4.78, 5) is 2.45. The Balaban J connectivity index is 1.19. The van der Waals surface area contributed by atoms with Gasteiger partial charge in [-0.25, -0.2) is 0 Å². The number of hydrogen-bond acceptors (Lipinski definition) is 1. The Morgan fingerprint density at radius 1 is 0.308 bits per heavy atom. The predicted octanol–water partition coefficient (Wildman–Crippen LogP) is 13.5. The molecule has 2 aliphatic carbocycles. The zero-order valence-electron chi connectivity index (χ0n) is 28.5. The molecule has 52 heavy (non-hydrogen) atoms. The van der Waals surface area contributed by atoms with Crippen molar-refractivity contribution in [2.24, 2.45) is 0 Å². The number of rotatable bonds is 4. The van der Waals surface area contributed by atoms with Gasteiger partial charge in [0.05, 0.1) is 11.1 Å². The zero-order chi connectivity index (χ0) is 34.2. The van der Waals surface area contributed by atoms with Crippen molar-refractivity contribution in [2.75, 3.05) is 4.90 Å². The van der Waals surface area contributed by atoms with E-state index in [0.717, 1.165) is 17.1 Å². The Hall–Kier alpha value is -6.70. The van der Waals surface area contributed by atoms with Gasteiger partial charge in [0.25, 0.3) is 0 Å². The second-order valence-electron chi connectivity index (χ2n) is 14.1. The van der Waals surface area contributed by atoms with Gasteiger partial charge in [-0.3, -0.25) is 0 Å². The lowest BCUT2D eigenvalue weighted by Crippen LogP contribution is -2.26. The Morgan fingerprint density at radius 3 is 1.62 bits per heavy atom. The van der Waals surface area contributed by atoms with Crippen molar-refractivity contribution in [1.82, 2.24) is 0 Å². The number of fused-ring (bicyclic) bond motifs is 12. The molecule has 2 aliphatic rings. The lowest BCUT2D eigenvalue weighted by Gasteiger charge is -2.32. The molecule has 1 unspecified atom stereocenters. The molecule has 1 nitrogen and oxygen atoms in total. The zero-order valence-corrected chi connectivity index (χ0v) is 28.5. The van der Waals surface area contributed by atoms with Gasteiger partial charge in [-0.1, -0.05) is 158 Å². The molecular formula is C51H33N. The van der Waals surface area contributed by atoms with E-state index < -0.39 is 5.41 Å². The van der Waals surface area contributed by atoms with E-state index in [2.05, 4.69) is 205 Å². The summed E-state index contributed by atoms with van der Waals surface area (Å²) < 4.78 is 0. The third-order valence-corrected chi connectivity index (χ3v) is 11.4. The summed E-state index contributed by atoms with van der Waals surface area (Å²) in [5, 5.41) is 4.99. The summed E-state index contributed by atoms with van der Waals surface area (Å²) in [6.07, 6.45) is 0. The molecule has 1 atom stereocenters. The van der Waals surface area contributed by atoms with Gasteiger partial charge in [-0.2, -0.15) is 0 Å². The maximum atomic E-state index is 2.49. The van der Waals surface area contributed by atoms with Crippen LogP contribution < -0.4 is 4.90 Å². The van der Waals surface area contributed by atoms with E-state index >= 15 is 0 Å². The van der Waals surface area contributed by atoms with Gasteiger partial charge >= 0.3 is 0 Å². The number of benzene rings is 9. The highest BCUT2D eigenvalue weighted by Gasteiger charge is 2.51. The Morgan fingerprint density at radius 2 is 0.846 bits per heavy atom. The summed E-state index contributed by atoms with van der Waals surface area (Å²) in [5.74, 6) is 0. The SMILES string of the molecule is c1ccc(-c2ccc(N(c3ccc4c(c3)C3(c5ccccc5-4)c4ccccc4-c4cc5ccccc5cc43)c3cccc4ccccc34)cc2)cc1. The van der Waals surface area contributed by atoms with Crippen LogP contribution in [0.5, 0.6) is 0 Å². The average molecular weight is 660 g/mol. The molecule has 11 rings (SSSR count). The fourth-order valence-corrected chi connectivity index (χ4v) is 9.21. The lowest BCUT2D eigenvalue weighted by atomic mass is 9.70. The first kappa shape index (κ1) is 29.1. The van der Waals surface area contributed by atoms with Gasteiger partial charge in [0.1, 0.15) is 0 Å². The molecule has 0 saturated carbocycles. The number of hydrogen-bond donors (Lipinski definition) is 0. The highest BCUT2D eigenvalue weighted by Crippen LogP contribution is 2.63. The van der Waals surface area contributed by atoms with Crippen LogP contribution in [-0.4, -0.2) is 0 Å². The topological polar surface area (TPSA) is 3.24 Å². The van der Waals surface area contributed by atoms with Crippen LogP contribution in [0.25, 0.3) is 54.9 Å². The molecule has 0 amide bonds. The molecule has 0 fully saturated rings. The second-order valence-corrected chi connectivity index (χ2v) is 14.1. The minimum Gasteiger partial charge on any atom is -0.310 e. The minimum atomic E-state index is -0.445.